The lowest BCUT2D eigenvalue weighted by atomic mass is 10.2. The quantitative estimate of drug-likeness (QED) is 0.331. The van der Waals surface area contributed by atoms with E-state index >= 15 is 0 Å². The van der Waals surface area contributed by atoms with Gasteiger partial charge in [0.05, 0.1) is 4.47 Å². The summed E-state index contributed by atoms with van der Waals surface area (Å²) in [5.74, 6) is -0.0928. The molecule has 1 aromatic heterocycles. The highest BCUT2D eigenvalue weighted by molar-refractivity contribution is 9.10. The predicted octanol–water partition coefficient (Wildman–Crippen LogP) is 6.70. The molecule has 7 heteroatoms. The van der Waals surface area contributed by atoms with Crippen LogP contribution in [-0.4, -0.2) is 5.91 Å². The van der Waals surface area contributed by atoms with Crippen LogP contribution < -0.4 is 5.32 Å². The van der Waals surface area contributed by atoms with Gasteiger partial charge in [0.2, 0.25) is 0 Å². The van der Waals surface area contributed by atoms with Crippen LogP contribution in [0.3, 0.4) is 0 Å². The third kappa shape index (κ3) is 5.29. The maximum Gasteiger partial charge on any atom is 0.266 e. The summed E-state index contributed by atoms with van der Waals surface area (Å²) >= 11 is 10.8. The Hall–Kier alpha value is -2.46. The van der Waals surface area contributed by atoms with Crippen LogP contribution in [0.25, 0.3) is 6.08 Å². The fourth-order valence-corrected chi connectivity index (χ4v) is 3.70. The Morgan fingerprint density at radius 2 is 1.89 bits per heavy atom. The van der Waals surface area contributed by atoms with E-state index < -0.39 is 5.91 Å². The molecule has 0 saturated carbocycles. The Labute approximate surface area is 180 Å². The summed E-state index contributed by atoms with van der Waals surface area (Å²) in [5, 5.41) is 13.3. The van der Waals surface area contributed by atoms with Gasteiger partial charge in [-0.25, -0.2) is 0 Å². The van der Waals surface area contributed by atoms with Gasteiger partial charge in [0, 0.05) is 21.7 Å². The highest BCUT2D eigenvalue weighted by Gasteiger charge is 2.14. The molecule has 0 atom stereocenters. The normalized spacial score (nSPS) is 11.1. The number of anilines is 1. The molecule has 0 aliphatic rings. The molecule has 0 aliphatic carbocycles. The van der Waals surface area contributed by atoms with Crippen molar-refractivity contribution in [2.75, 3.05) is 5.32 Å². The van der Waals surface area contributed by atoms with Crippen LogP contribution in [0.5, 0.6) is 0 Å². The summed E-state index contributed by atoms with van der Waals surface area (Å²) in [6.07, 6.45) is 1.42. The number of aryl methyl sites for hydroxylation is 1. The van der Waals surface area contributed by atoms with Gasteiger partial charge >= 0.3 is 0 Å². The molecule has 4 nitrogen and oxygen atoms in total. The Balaban J connectivity index is 1.77. The zero-order chi connectivity index (χ0) is 20.1. The van der Waals surface area contributed by atoms with Crippen molar-refractivity contribution >= 4 is 57.0 Å². The van der Waals surface area contributed by atoms with E-state index in [0.29, 0.717) is 21.6 Å². The summed E-state index contributed by atoms with van der Waals surface area (Å²) in [7, 11) is 0. The first-order valence-corrected chi connectivity index (χ1v) is 10.2. The standard InChI is InChI=1S/C21H14BrClN2O2S/c1-13-2-6-16(7-3-13)25-20(26)14(12-24)10-17-11-19(22)21(27-17)28-18-8-4-15(23)5-9-18/h2-11H,1H3,(H,25,26)/b14-10-. The molecule has 0 saturated heterocycles. The van der Waals surface area contributed by atoms with Crippen LogP contribution >= 0.6 is 39.3 Å². The van der Waals surface area contributed by atoms with Crippen molar-refractivity contribution < 1.29 is 9.21 Å². The predicted molar refractivity (Wildman–Crippen MR) is 115 cm³/mol. The van der Waals surface area contributed by atoms with Gasteiger partial charge in [-0.05, 0) is 65.3 Å². The molecule has 28 heavy (non-hydrogen) atoms. The van der Waals surface area contributed by atoms with Crippen LogP contribution in [0.4, 0.5) is 5.69 Å². The van der Waals surface area contributed by atoms with Crippen molar-refractivity contribution in [1.29, 1.82) is 5.26 Å². The number of nitriles is 1. The van der Waals surface area contributed by atoms with Crippen LogP contribution in [0.2, 0.25) is 5.02 Å². The van der Waals surface area contributed by atoms with Gasteiger partial charge in [0.1, 0.15) is 17.4 Å². The molecule has 0 radical (unpaired) electrons. The van der Waals surface area contributed by atoms with E-state index in [1.165, 1.54) is 17.8 Å². The van der Waals surface area contributed by atoms with Gasteiger partial charge in [-0.3, -0.25) is 4.79 Å². The van der Waals surface area contributed by atoms with E-state index in [1.807, 2.05) is 37.3 Å². The van der Waals surface area contributed by atoms with Crippen molar-refractivity contribution in [3.63, 3.8) is 0 Å². The Morgan fingerprint density at radius 1 is 1.21 bits per heavy atom. The van der Waals surface area contributed by atoms with Crippen molar-refractivity contribution in [3.8, 4) is 6.07 Å². The number of benzene rings is 2. The number of nitrogens with one attached hydrogen (secondary N) is 1. The summed E-state index contributed by atoms with van der Waals surface area (Å²) < 4.78 is 6.50. The van der Waals surface area contributed by atoms with Crippen molar-refractivity contribution in [2.24, 2.45) is 0 Å². The largest absolute Gasteiger partial charge is 0.449 e. The molecule has 0 fully saturated rings. The number of amides is 1. The molecule has 140 valence electrons. The fourth-order valence-electron chi connectivity index (χ4n) is 2.25. The maximum absolute atomic E-state index is 12.4. The summed E-state index contributed by atoms with van der Waals surface area (Å²) in [6.45, 7) is 1.96. The van der Waals surface area contributed by atoms with Gasteiger partial charge < -0.3 is 9.73 Å². The van der Waals surface area contributed by atoms with Crippen LogP contribution in [0, 0.1) is 18.3 Å². The second-order valence-electron chi connectivity index (χ2n) is 5.83. The first-order valence-electron chi connectivity index (χ1n) is 8.17. The number of carbonyl (C=O) groups excluding carboxylic acids is 1. The SMILES string of the molecule is Cc1ccc(NC(=O)/C(C#N)=C\c2cc(Br)c(Sc3ccc(Cl)cc3)o2)cc1. The molecular weight excluding hydrogens is 460 g/mol. The summed E-state index contributed by atoms with van der Waals surface area (Å²) in [4.78, 5) is 13.3. The average molecular weight is 474 g/mol. The molecule has 1 N–H and O–H groups in total. The number of rotatable bonds is 5. The van der Waals surface area contributed by atoms with E-state index in [1.54, 1.807) is 30.3 Å². The van der Waals surface area contributed by atoms with Gasteiger partial charge in [0.15, 0.2) is 5.09 Å². The average Bonchev–Trinajstić information content (AvgIpc) is 3.02. The minimum absolute atomic E-state index is 0.0510. The first kappa shape index (κ1) is 20.3. The third-order valence-electron chi connectivity index (χ3n) is 3.66. The lowest BCUT2D eigenvalue weighted by Crippen LogP contribution is -2.13. The third-order valence-corrected chi connectivity index (χ3v) is 5.76. The molecule has 1 heterocycles. The highest BCUT2D eigenvalue weighted by Crippen LogP contribution is 2.36. The van der Waals surface area contributed by atoms with Gasteiger partial charge in [-0.2, -0.15) is 5.26 Å². The molecule has 1 amide bonds. The molecule has 2 aromatic carbocycles. The van der Waals surface area contributed by atoms with E-state index in [-0.39, 0.29) is 5.57 Å². The Bertz CT molecular complexity index is 1070. The summed E-state index contributed by atoms with van der Waals surface area (Å²) in [6, 6.07) is 18.3. The van der Waals surface area contributed by atoms with Crippen LogP contribution in [0.15, 0.2) is 79.0 Å². The number of hydrogen-bond acceptors (Lipinski definition) is 4. The lowest BCUT2D eigenvalue weighted by molar-refractivity contribution is -0.112. The minimum atomic E-state index is -0.495. The smallest absolute Gasteiger partial charge is 0.266 e. The summed E-state index contributed by atoms with van der Waals surface area (Å²) in [5.41, 5.74) is 1.65. The van der Waals surface area contributed by atoms with Crippen molar-refractivity contribution in [3.05, 3.63) is 81.0 Å². The zero-order valence-electron chi connectivity index (χ0n) is 14.7. The molecular formula is C21H14BrClN2O2S. The molecule has 3 aromatic rings. The van der Waals surface area contributed by atoms with Crippen LogP contribution in [0.1, 0.15) is 11.3 Å². The second-order valence-corrected chi connectivity index (χ2v) is 8.17. The molecule has 3 rings (SSSR count). The lowest BCUT2D eigenvalue weighted by Gasteiger charge is -2.04. The first-order chi connectivity index (χ1) is 13.4. The van der Waals surface area contributed by atoms with E-state index in [0.717, 1.165) is 14.9 Å². The van der Waals surface area contributed by atoms with Crippen molar-refractivity contribution in [1.82, 2.24) is 0 Å². The zero-order valence-corrected chi connectivity index (χ0v) is 17.9. The topological polar surface area (TPSA) is 66.0 Å². The number of nitrogens with zero attached hydrogens (tertiary/aromatic N) is 1. The molecule has 0 unspecified atom stereocenters. The highest BCUT2D eigenvalue weighted by atomic mass is 79.9. The van der Waals surface area contributed by atoms with Gasteiger partial charge in [-0.15, -0.1) is 0 Å². The van der Waals surface area contributed by atoms with E-state index in [9.17, 15) is 10.1 Å². The molecule has 0 spiro atoms. The van der Waals surface area contributed by atoms with Crippen molar-refractivity contribution in [2.45, 2.75) is 16.9 Å². The number of halogens is 2. The maximum atomic E-state index is 12.4. The Morgan fingerprint density at radius 3 is 2.54 bits per heavy atom. The monoisotopic (exact) mass is 472 g/mol. The number of furan rings is 1. The van der Waals surface area contributed by atoms with E-state index in [2.05, 4.69) is 21.2 Å². The van der Waals surface area contributed by atoms with Crippen LogP contribution in [-0.2, 0) is 4.79 Å². The van der Waals surface area contributed by atoms with E-state index in [4.69, 9.17) is 16.0 Å². The molecule has 0 aliphatic heterocycles. The Kier molecular flexibility index (Phi) is 6.63. The number of hydrogen-bond donors (Lipinski definition) is 1. The number of carbonyl (C=O) groups is 1. The second kappa shape index (κ2) is 9.16. The van der Waals surface area contributed by atoms with Gasteiger partial charge in [-0.1, -0.05) is 41.1 Å². The fraction of sp³-hybridized carbons (Fsp3) is 0.0476. The minimum Gasteiger partial charge on any atom is -0.449 e. The molecule has 0 bridgehead atoms. The van der Waals surface area contributed by atoms with Gasteiger partial charge in [0.25, 0.3) is 5.91 Å².